The summed E-state index contributed by atoms with van der Waals surface area (Å²) in [6, 6.07) is 16.3. The number of pyridine rings is 1. The molecular formula is C24H20IN3O4. The molecule has 0 aliphatic carbocycles. The van der Waals surface area contributed by atoms with Crippen LogP contribution < -0.4 is 15.6 Å². The van der Waals surface area contributed by atoms with Crippen LogP contribution >= 0.6 is 22.6 Å². The van der Waals surface area contributed by atoms with Gasteiger partial charge in [0.2, 0.25) is 5.55 Å². The number of aromatic nitrogens is 1. The Morgan fingerprint density at radius 3 is 2.72 bits per heavy atom. The highest BCUT2D eigenvalue weighted by Crippen LogP contribution is 2.23. The maximum Gasteiger partial charge on any atom is 0.261 e. The van der Waals surface area contributed by atoms with Gasteiger partial charge in [0.1, 0.15) is 11.3 Å². The highest BCUT2D eigenvalue weighted by Gasteiger charge is 2.16. The minimum Gasteiger partial charge on any atom is -0.497 e. The number of carbonyl (C=O) groups excluding carboxylic acids is 1. The van der Waals surface area contributed by atoms with Gasteiger partial charge in [-0.25, -0.2) is 4.99 Å². The van der Waals surface area contributed by atoms with Crippen LogP contribution in [-0.2, 0) is 6.61 Å². The van der Waals surface area contributed by atoms with Gasteiger partial charge in [0, 0.05) is 32.5 Å². The molecule has 0 spiro atoms. The van der Waals surface area contributed by atoms with Crippen molar-refractivity contribution in [2.75, 3.05) is 12.4 Å². The lowest BCUT2D eigenvalue weighted by molar-refractivity contribution is 0.102. The van der Waals surface area contributed by atoms with Gasteiger partial charge in [-0.05, 0) is 72.0 Å². The van der Waals surface area contributed by atoms with Crippen molar-refractivity contribution in [1.82, 2.24) is 4.98 Å². The summed E-state index contributed by atoms with van der Waals surface area (Å²) in [6.45, 7) is 1.57. The van der Waals surface area contributed by atoms with E-state index in [-0.39, 0.29) is 23.6 Å². The van der Waals surface area contributed by atoms with Crippen molar-refractivity contribution in [3.05, 3.63) is 86.7 Å². The van der Waals surface area contributed by atoms with Crippen LogP contribution in [0.3, 0.4) is 0 Å². The lowest BCUT2D eigenvalue weighted by Crippen LogP contribution is -2.22. The van der Waals surface area contributed by atoms with Crippen LogP contribution in [0.4, 0.5) is 11.4 Å². The fraction of sp³-hybridized carbons (Fsp3) is 0.125. The quantitative estimate of drug-likeness (QED) is 0.357. The number of aryl methyl sites for hydroxylation is 1. The molecule has 0 atom stereocenters. The first-order valence-corrected chi connectivity index (χ1v) is 10.9. The molecule has 0 fully saturated rings. The van der Waals surface area contributed by atoms with E-state index < -0.39 is 0 Å². The number of methoxy groups -OCH3 is 1. The number of amides is 1. The Morgan fingerprint density at radius 1 is 1.22 bits per heavy atom. The first-order valence-electron chi connectivity index (χ1n) is 9.77. The first-order chi connectivity index (χ1) is 15.5. The van der Waals surface area contributed by atoms with Gasteiger partial charge in [0.05, 0.1) is 25.1 Å². The third kappa shape index (κ3) is 4.66. The molecule has 4 aromatic rings. The molecule has 162 valence electrons. The number of anilines is 1. The number of ether oxygens (including phenoxy) is 1. The summed E-state index contributed by atoms with van der Waals surface area (Å²) >= 11 is 2.20. The summed E-state index contributed by atoms with van der Waals surface area (Å²) in [7, 11) is 1.57. The van der Waals surface area contributed by atoms with Gasteiger partial charge in [-0.1, -0.05) is 6.07 Å². The molecule has 0 saturated carbocycles. The van der Waals surface area contributed by atoms with E-state index in [1.54, 1.807) is 44.5 Å². The van der Waals surface area contributed by atoms with Gasteiger partial charge in [0.25, 0.3) is 5.91 Å². The van der Waals surface area contributed by atoms with Crippen LogP contribution in [0.5, 0.6) is 5.75 Å². The van der Waals surface area contributed by atoms with Crippen LogP contribution in [0.25, 0.3) is 11.0 Å². The van der Waals surface area contributed by atoms with E-state index in [4.69, 9.17) is 9.15 Å². The number of halogens is 1. The molecule has 2 N–H and O–H groups in total. The molecule has 2 aromatic carbocycles. The zero-order valence-corrected chi connectivity index (χ0v) is 19.6. The van der Waals surface area contributed by atoms with Crippen LogP contribution in [0.15, 0.2) is 70.2 Å². The molecule has 0 bridgehead atoms. The van der Waals surface area contributed by atoms with E-state index in [1.165, 1.54) is 0 Å². The minimum atomic E-state index is -0.378. The lowest BCUT2D eigenvalue weighted by atomic mass is 10.1. The van der Waals surface area contributed by atoms with Crippen molar-refractivity contribution < 1.29 is 19.1 Å². The average molecular weight is 541 g/mol. The predicted octanol–water partition coefficient (Wildman–Crippen LogP) is 4.73. The van der Waals surface area contributed by atoms with Gasteiger partial charge < -0.3 is 19.6 Å². The van der Waals surface area contributed by atoms with E-state index in [2.05, 4.69) is 37.9 Å². The fourth-order valence-electron chi connectivity index (χ4n) is 3.19. The van der Waals surface area contributed by atoms with E-state index in [1.807, 2.05) is 30.3 Å². The Bertz CT molecular complexity index is 1360. The molecule has 7 nitrogen and oxygen atoms in total. The van der Waals surface area contributed by atoms with Gasteiger partial charge in [-0.15, -0.1) is 0 Å². The molecule has 0 saturated heterocycles. The van der Waals surface area contributed by atoms with Crippen molar-refractivity contribution in [2.45, 2.75) is 13.5 Å². The van der Waals surface area contributed by atoms with Crippen molar-refractivity contribution in [1.29, 1.82) is 0 Å². The number of hydrogen-bond donors (Lipinski definition) is 2. The first kappa shape index (κ1) is 22.0. The minimum absolute atomic E-state index is 0.133. The van der Waals surface area contributed by atoms with Crippen molar-refractivity contribution in [3.63, 3.8) is 0 Å². The molecule has 2 aromatic heterocycles. The second kappa shape index (κ2) is 9.49. The van der Waals surface area contributed by atoms with E-state index in [0.717, 1.165) is 3.57 Å². The number of aliphatic hydroxyl groups is 1. The van der Waals surface area contributed by atoms with Crippen molar-refractivity contribution >= 4 is 50.8 Å². The average Bonchev–Trinajstić information content (AvgIpc) is 2.81. The molecule has 0 aliphatic rings. The fourth-order valence-corrected chi connectivity index (χ4v) is 3.55. The van der Waals surface area contributed by atoms with Gasteiger partial charge >= 0.3 is 0 Å². The molecule has 32 heavy (non-hydrogen) atoms. The maximum atomic E-state index is 13.2. The molecule has 8 heteroatoms. The number of nitrogens with one attached hydrogen (secondary N) is 1. The largest absolute Gasteiger partial charge is 0.497 e. The number of fused-ring (bicyclic) bond motifs is 1. The van der Waals surface area contributed by atoms with E-state index in [0.29, 0.717) is 39.4 Å². The number of rotatable bonds is 5. The third-order valence-corrected chi connectivity index (χ3v) is 5.57. The Labute approximate surface area is 197 Å². The predicted molar refractivity (Wildman–Crippen MR) is 130 cm³/mol. The van der Waals surface area contributed by atoms with Crippen molar-refractivity contribution in [2.24, 2.45) is 4.99 Å². The molecule has 2 heterocycles. The highest BCUT2D eigenvalue weighted by atomic mass is 127. The van der Waals surface area contributed by atoms with E-state index >= 15 is 0 Å². The summed E-state index contributed by atoms with van der Waals surface area (Å²) in [5.41, 5.74) is 3.24. The summed E-state index contributed by atoms with van der Waals surface area (Å²) in [5, 5.41) is 13.3. The number of aliphatic hydroxyl groups excluding tert-OH is 1. The zero-order chi connectivity index (χ0) is 22.7. The van der Waals surface area contributed by atoms with Crippen LogP contribution in [0, 0.1) is 10.5 Å². The zero-order valence-electron chi connectivity index (χ0n) is 17.4. The van der Waals surface area contributed by atoms with Crippen LogP contribution in [-0.4, -0.2) is 23.1 Å². The second-order valence-electron chi connectivity index (χ2n) is 7.01. The summed E-state index contributed by atoms with van der Waals surface area (Å²) < 4.78 is 12.4. The Hall–Kier alpha value is -3.24. The SMILES string of the molecule is COc1cccc(N=c2oc3c(C)ncc(CO)c3cc2C(=O)Nc2ccc(I)cc2)c1. The molecule has 1 amide bonds. The molecule has 0 unspecified atom stereocenters. The number of nitrogens with zero attached hydrogens (tertiary/aromatic N) is 2. The Kier molecular flexibility index (Phi) is 6.52. The van der Waals surface area contributed by atoms with Crippen LogP contribution in [0.2, 0.25) is 0 Å². The summed E-state index contributed by atoms with van der Waals surface area (Å²) in [6.07, 6.45) is 1.58. The number of carbonyl (C=O) groups is 1. The molecular weight excluding hydrogens is 521 g/mol. The second-order valence-corrected chi connectivity index (χ2v) is 8.25. The number of hydrogen-bond acceptors (Lipinski definition) is 6. The van der Waals surface area contributed by atoms with Crippen LogP contribution in [0.1, 0.15) is 21.6 Å². The standard InChI is InChI=1S/C24H20IN3O4/c1-14-22-20(15(13-29)12-26-14)11-21(23(30)27-17-8-6-16(25)7-9-17)24(32-22)28-18-4-3-5-19(10-18)31-2/h3-12,29H,13H2,1-2H3,(H,27,30). The van der Waals surface area contributed by atoms with Crippen molar-refractivity contribution in [3.8, 4) is 5.75 Å². The highest BCUT2D eigenvalue weighted by molar-refractivity contribution is 14.1. The lowest BCUT2D eigenvalue weighted by Gasteiger charge is -2.10. The molecule has 0 aliphatic heterocycles. The monoisotopic (exact) mass is 541 g/mol. The van der Waals surface area contributed by atoms with E-state index in [9.17, 15) is 9.90 Å². The molecule has 0 radical (unpaired) electrons. The Balaban J connectivity index is 1.91. The van der Waals surface area contributed by atoms with Gasteiger partial charge in [0.15, 0.2) is 5.58 Å². The van der Waals surface area contributed by atoms with Gasteiger partial charge in [-0.2, -0.15) is 0 Å². The normalized spacial score (nSPS) is 11.6. The summed E-state index contributed by atoms with van der Waals surface area (Å²) in [4.78, 5) is 22.1. The van der Waals surface area contributed by atoms with Gasteiger partial charge in [-0.3, -0.25) is 9.78 Å². The summed E-state index contributed by atoms with van der Waals surface area (Å²) in [5.74, 6) is 0.259. The number of benzene rings is 2. The third-order valence-electron chi connectivity index (χ3n) is 4.85. The Morgan fingerprint density at radius 2 is 2.00 bits per heavy atom. The topological polar surface area (TPSA) is 97.0 Å². The smallest absolute Gasteiger partial charge is 0.261 e. The maximum absolute atomic E-state index is 13.2. The molecule has 4 rings (SSSR count).